The Morgan fingerprint density at radius 1 is 1.00 bits per heavy atom. The molecule has 1 rings (SSSR count). The number of halogens is 8. The first-order valence-electron chi connectivity index (χ1n) is 3.83. The fraction of sp³-hybridized carbons (Fsp3) is 1.00. The van der Waals surface area contributed by atoms with Gasteiger partial charge in [-0.2, -0.15) is 17.6 Å². The highest BCUT2D eigenvalue weighted by molar-refractivity contribution is 14.1. The minimum atomic E-state index is -5.09. The molecule has 90 valence electrons. The van der Waals surface area contributed by atoms with E-state index < -0.39 is 33.8 Å². The van der Waals surface area contributed by atoms with Crippen LogP contribution in [0.15, 0.2) is 0 Å². The Morgan fingerprint density at radius 2 is 1.40 bits per heavy atom. The lowest BCUT2D eigenvalue weighted by Crippen LogP contribution is -2.68. The monoisotopic (exact) mass is 350 g/mol. The third kappa shape index (κ3) is 1.62. The first kappa shape index (κ1) is 13.3. The Balaban J connectivity index is 3.27. The summed E-state index contributed by atoms with van der Waals surface area (Å²) < 4.78 is 87.5. The van der Waals surface area contributed by atoms with Gasteiger partial charge in [-0.3, -0.25) is 0 Å². The van der Waals surface area contributed by atoms with Gasteiger partial charge in [0.1, 0.15) is 3.92 Å². The molecule has 15 heavy (non-hydrogen) atoms. The highest BCUT2D eigenvalue weighted by atomic mass is 127. The summed E-state index contributed by atoms with van der Waals surface area (Å²) >= 11 is 0.538. The van der Waals surface area contributed by atoms with Crippen LogP contribution >= 0.6 is 22.6 Å². The minimum Gasteiger partial charge on any atom is -0.237 e. The second kappa shape index (κ2) is 3.13. The van der Waals surface area contributed by atoms with Crippen LogP contribution in [0, 0.1) is 0 Å². The lowest BCUT2D eigenvalue weighted by atomic mass is 9.79. The van der Waals surface area contributed by atoms with Gasteiger partial charge in [0, 0.05) is 0 Å². The van der Waals surface area contributed by atoms with Crippen molar-refractivity contribution in [2.75, 3.05) is 0 Å². The van der Waals surface area contributed by atoms with Gasteiger partial charge < -0.3 is 0 Å². The van der Waals surface area contributed by atoms with Crippen molar-refractivity contribution in [2.24, 2.45) is 0 Å². The smallest absolute Gasteiger partial charge is 0.237 e. The van der Waals surface area contributed by atoms with E-state index in [0.717, 1.165) is 0 Å². The van der Waals surface area contributed by atoms with Crippen LogP contribution in [0.3, 0.4) is 0 Å². The molecule has 0 aromatic carbocycles. The van der Waals surface area contributed by atoms with Gasteiger partial charge in [-0.05, 0) is 6.92 Å². The summed E-state index contributed by atoms with van der Waals surface area (Å²) in [5.41, 5.74) is -3.92. The van der Waals surface area contributed by atoms with Gasteiger partial charge in [0.05, 0.1) is 6.42 Å². The van der Waals surface area contributed by atoms with Crippen LogP contribution < -0.4 is 0 Å². The van der Waals surface area contributed by atoms with Gasteiger partial charge >= 0.3 is 11.8 Å². The predicted octanol–water partition coefficient (Wildman–Crippen LogP) is 3.83. The summed E-state index contributed by atoms with van der Waals surface area (Å²) in [6.07, 6.45) is -1.91. The molecule has 0 heterocycles. The van der Waals surface area contributed by atoms with Gasteiger partial charge in [-0.1, -0.05) is 22.6 Å². The van der Waals surface area contributed by atoms with Crippen molar-refractivity contribution in [3.05, 3.63) is 0 Å². The van der Waals surface area contributed by atoms with Gasteiger partial charge in [0.25, 0.3) is 5.92 Å². The Morgan fingerprint density at radius 3 is 1.80 bits per heavy atom. The predicted molar refractivity (Wildman–Crippen MR) is 46.8 cm³/mol. The van der Waals surface area contributed by atoms with Crippen molar-refractivity contribution in [3.8, 4) is 0 Å². The second-order valence-electron chi connectivity index (χ2n) is 3.70. The lowest BCUT2D eigenvalue weighted by Gasteiger charge is -2.46. The van der Waals surface area contributed by atoms with Gasteiger partial charge in [-0.25, -0.2) is 13.2 Å². The van der Waals surface area contributed by atoms with Crippen molar-refractivity contribution < 1.29 is 30.7 Å². The summed E-state index contributed by atoms with van der Waals surface area (Å²) in [6, 6.07) is 0. The first-order chi connectivity index (χ1) is 6.36. The zero-order chi connectivity index (χ0) is 12.3. The number of rotatable bonds is 0. The molecule has 1 aliphatic carbocycles. The Labute approximate surface area is 94.3 Å². The third-order valence-corrected chi connectivity index (χ3v) is 4.02. The van der Waals surface area contributed by atoms with E-state index >= 15 is 0 Å². The Kier molecular flexibility index (Phi) is 2.78. The molecular formula is C7H6F7I. The fourth-order valence-corrected chi connectivity index (χ4v) is 2.03. The molecule has 1 saturated carbocycles. The zero-order valence-electron chi connectivity index (χ0n) is 7.31. The zero-order valence-corrected chi connectivity index (χ0v) is 9.47. The first-order valence-corrected chi connectivity index (χ1v) is 5.07. The minimum absolute atomic E-state index is 0.0668. The molecular weight excluding hydrogens is 344 g/mol. The number of alkyl halides is 8. The van der Waals surface area contributed by atoms with E-state index in [0.29, 0.717) is 22.6 Å². The van der Waals surface area contributed by atoms with Crippen molar-refractivity contribution in [2.45, 2.75) is 40.7 Å². The molecule has 0 aromatic heterocycles. The molecule has 0 aromatic rings. The van der Waals surface area contributed by atoms with Gasteiger partial charge in [0.2, 0.25) is 0 Å². The van der Waals surface area contributed by atoms with Gasteiger partial charge in [0.15, 0.2) is 5.67 Å². The molecule has 0 radical (unpaired) electrons. The highest BCUT2D eigenvalue weighted by Crippen LogP contribution is 2.59. The van der Waals surface area contributed by atoms with Crippen LogP contribution in [0.25, 0.3) is 0 Å². The molecule has 0 amide bonds. The molecule has 0 spiro atoms. The summed E-state index contributed by atoms with van der Waals surface area (Å²) in [5.74, 6) is -14.3. The van der Waals surface area contributed by atoms with Crippen molar-refractivity contribution in [1.29, 1.82) is 0 Å². The van der Waals surface area contributed by atoms with Crippen LogP contribution in [0.2, 0.25) is 0 Å². The van der Waals surface area contributed by atoms with Gasteiger partial charge in [-0.15, -0.1) is 0 Å². The molecule has 2 atom stereocenters. The second-order valence-corrected chi connectivity index (χ2v) is 4.94. The lowest BCUT2D eigenvalue weighted by molar-refractivity contribution is -0.318. The maximum atomic E-state index is 13.1. The fourth-order valence-electron chi connectivity index (χ4n) is 1.42. The Bertz CT molecular complexity index is 273. The van der Waals surface area contributed by atoms with E-state index in [-0.39, 0.29) is 6.92 Å². The van der Waals surface area contributed by atoms with E-state index in [1.165, 1.54) is 0 Å². The quantitative estimate of drug-likeness (QED) is 0.354. The molecule has 8 heteroatoms. The molecule has 0 N–H and O–H groups in total. The van der Waals surface area contributed by atoms with E-state index in [1.54, 1.807) is 0 Å². The summed E-state index contributed by atoms with van der Waals surface area (Å²) in [4.78, 5) is 0. The van der Waals surface area contributed by atoms with E-state index in [2.05, 4.69) is 0 Å². The third-order valence-electron chi connectivity index (χ3n) is 2.33. The molecule has 1 aliphatic rings. The highest BCUT2D eigenvalue weighted by Gasteiger charge is 2.79. The van der Waals surface area contributed by atoms with Crippen LogP contribution in [0.5, 0.6) is 0 Å². The van der Waals surface area contributed by atoms with Crippen LogP contribution in [0.1, 0.15) is 13.3 Å². The normalized spacial score (nSPS) is 42.6. The van der Waals surface area contributed by atoms with Crippen molar-refractivity contribution in [1.82, 2.24) is 0 Å². The molecule has 0 saturated heterocycles. The van der Waals surface area contributed by atoms with Crippen molar-refractivity contribution >= 4 is 22.6 Å². The Hall–Kier alpha value is 0.240. The van der Waals surface area contributed by atoms with E-state index in [1.807, 2.05) is 0 Å². The standard InChI is InChI=1S/C7H6F7I/c1-4(8)2-5(9,10)3(15)6(11,12)7(4,13)14/h3H,2H2,1H3. The number of hydrogen-bond donors (Lipinski definition) is 0. The summed E-state index contributed by atoms with van der Waals surface area (Å²) in [5, 5.41) is 0. The molecule has 0 nitrogen and oxygen atoms in total. The maximum absolute atomic E-state index is 13.1. The molecule has 0 aliphatic heterocycles. The van der Waals surface area contributed by atoms with E-state index in [9.17, 15) is 30.7 Å². The largest absolute Gasteiger partial charge is 0.344 e. The molecule has 1 fully saturated rings. The average Bonchev–Trinajstić information content (AvgIpc) is 1.98. The van der Waals surface area contributed by atoms with Crippen LogP contribution in [-0.2, 0) is 0 Å². The van der Waals surface area contributed by atoms with Crippen LogP contribution in [-0.4, -0.2) is 27.4 Å². The summed E-state index contributed by atoms with van der Waals surface area (Å²) in [6.45, 7) is 0.0668. The average molecular weight is 350 g/mol. The van der Waals surface area contributed by atoms with Crippen LogP contribution in [0.4, 0.5) is 30.7 Å². The number of hydrogen-bond acceptors (Lipinski definition) is 0. The molecule has 2 unspecified atom stereocenters. The van der Waals surface area contributed by atoms with Crippen molar-refractivity contribution in [3.63, 3.8) is 0 Å². The SMILES string of the molecule is CC1(F)CC(F)(F)C(I)C(F)(F)C1(F)F. The van der Waals surface area contributed by atoms with E-state index in [4.69, 9.17) is 0 Å². The molecule has 0 bridgehead atoms. The topological polar surface area (TPSA) is 0 Å². The summed E-state index contributed by atoms with van der Waals surface area (Å²) in [7, 11) is 0. The maximum Gasteiger partial charge on any atom is 0.344 e.